The lowest BCUT2D eigenvalue weighted by Crippen LogP contribution is -2.26. The van der Waals surface area contributed by atoms with E-state index in [0.717, 1.165) is 31.6 Å². The average Bonchev–Trinajstić information content (AvgIpc) is 2.83. The van der Waals surface area contributed by atoms with E-state index >= 15 is 0 Å². The predicted octanol–water partition coefficient (Wildman–Crippen LogP) is 1.73. The Bertz CT molecular complexity index is 367. The van der Waals surface area contributed by atoms with Crippen LogP contribution in [0.2, 0.25) is 5.15 Å². The summed E-state index contributed by atoms with van der Waals surface area (Å²) in [4.78, 5) is 6.16. The minimum atomic E-state index is -0.257. The minimum absolute atomic E-state index is 0.257. The third-order valence-electron chi connectivity index (χ3n) is 2.82. The van der Waals surface area contributed by atoms with Crippen molar-refractivity contribution < 1.29 is 0 Å². The summed E-state index contributed by atoms with van der Waals surface area (Å²) in [6.45, 7) is 1.94. The maximum absolute atomic E-state index is 9.22. The molecule has 0 bridgehead atoms. The van der Waals surface area contributed by atoms with Crippen LogP contribution in [0.4, 0.5) is 0 Å². The zero-order valence-corrected chi connectivity index (χ0v) is 9.41. The molecular weight excluding hydrogens is 212 g/mol. The Hall–Kier alpha value is -1.05. The normalized spacial score (nSPS) is 19.0. The van der Waals surface area contributed by atoms with Gasteiger partial charge in [-0.1, -0.05) is 11.6 Å². The van der Waals surface area contributed by atoms with Crippen LogP contribution in [0, 0.1) is 11.3 Å². The first kappa shape index (κ1) is 10.5. The van der Waals surface area contributed by atoms with Crippen molar-refractivity contribution in [1.82, 2.24) is 14.5 Å². The maximum Gasteiger partial charge on any atom is 0.152 e. The molecule has 1 aliphatic rings. The Labute approximate surface area is 94.1 Å². The zero-order valence-electron chi connectivity index (χ0n) is 8.65. The molecule has 5 heteroatoms. The van der Waals surface area contributed by atoms with Gasteiger partial charge in [-0.2, -0.15) is 5.26 Å². The zero-order chi connectivity index (χ0) is 10.8. The van der Waals surface area contributed by atoms with E-state index in [0.29, 0.717) is 5.15 Å². The first-order valence-electron chi connectivity index (χ1n) is 5.04. The van der Waals surface area contributed by atoms with E-state index in [1.807, 2.05) is 11.6 Å². The number of hydrogen-bond acceptors (Lipinski definition) is 3. The summed E-state index contributed by atoms with van der Waals surface area (Å²) in [5, 5.41) is 9.66. The Morgan fingerprint density at radius 3 is 2.67 bits per heavy atom. The number of imidazole rings is 1. The summed E-state index contributed by atoms with van der Waals surface area (Å²) in [6.07, 6.45) is 3.97. The lowest BCUT2D eigenvalue weighted by Gasteiger charge is -2.21. The van der Waals surface area contributed by atoms with Crippen molar-refractivity contribution in [2.75, 3.05) is 13.1 Å². The van der Waals surface area contributed by atoms with E-state index in [-0.39, 0.29) is 6.04 Å². The molecule has 0 saturated carbocycles. The van der Waals surface area contributed by atoms with Gasteiger partial charge in [0.25, 0.3) is 0 Å². The van der Waals surface area contributed by atoms with Crippen LogP contribution in [0.15, 0.2) is 6.33 Å². The van der Waals surface area contributed by atoms with E-state index in [2.05, 4.69) is 16.0 Å². The predicted molar refractivity (Wildman–Crippen MR) is 57.4 cm³/mol. The monoisotopic (exact) mass is 224 g/mol. The fourth-order valence-corrected chi connectivity index (χ4v) is 2.31. The van der Waals surface area contributed by atoms with Crippen LogP contribution in [0.5, 0.6) is 0 Å². The van der Waals surface area contributed by atoms with Crippen LogP contribution in [-0.2, 0) is 7.05 Å². The van der Waals surface area contributed by atoms with E-state index < -0.39 is 0 Å². The van der Waals surface area contributed by atoms with E-state index in [1.165, 1.54) is 0 Å². The number of aryl methyl sites for hydroxylation is 1. The molecule has 1 aromatic heterocycles. The molecular formula is C10H13ClN4. The molecule has 0 aliphatic carbocycles. The van der Waals surface area contributed by atoms with Gasteiger partial charge in [-0.3, -0.25) is 4.90 Å². The fourth-order valence-electron chi connectivity index (χ4n) is 2.03. The van der Waals surface area contributed by atoms with Gasteiger partial charge in [-0.15, -0.1) is 0 Å². The van der Waals surface area contributed by atoms with Gasteiger partial charge >= 0.3 is 0 Å². The lowest BCUT2D eigenvalue weighted by atomic mass is 10.2. The lowest BCUT2D eigenvalue weighted by molar-refractivity contribution is 0.286. The van der Waals surface area contributed by atoms with E-state index in [1.54, 1.807) is 6.33 Å². The van der Waals surface area contributed by atoms with Crippen molar-refractivity contribution in [2.45, 2.75) is 18.9 Å². The Morgan fingerprint density at radius 1 is 1.53 bits per heavy atom. The summed E-state index contributed by atoms with van der Waals surface area (Å²) in [6, 6.07) is 2.05. The SMILES string of the molecule is Cn1cnc(Cl)c1C(C#N)N1CCCC1. The van der Waals surface area contributed by atoms with Gasteiger partial charge in [0.05, 0.1) is 18.1 Å². The second kappa shape index (κ2) is 4.21. The molecule has 80 valence electrons. The van der Waals surface area contributed by atoms with Crippen molar-refractivity contribution >= 4 is 11.6 Å². The van der Waals surface area contributed by atoms with Crippen LogP contribution >= 0.6 is 11.6 Å². The third kappa shape index (κ3) is 1.85. The quantitative estimate of drug-likeness (QED) is 0.769. The van der Waals surface area contributed by atoms with Gasteiger partial charge in [0, 0.05) is 7.05 Å². The molecule has 15 heavy (non-hydrogen) atoms. The highest BCUT2D eigenvalue weighted by Crippen LogP contribution is 2.28. The van der Waals surface area contributed by atoms with Crippen molar-refractivity contribution in [3.05, 3.63) is 17.2 Å². The number of aromatic nitrogens is 2. The second-order valence-corrected chi connectivity index (χ2v) is 4.16. The van der Waals surface area contributed by atoms with Gasteiger partial charge < -0.3 is 4.57 Å². The summed E-state index contributed by atoms with van der Waals surface area (Å²) >= 11 is 5.99. The molecule has 1 aromatic rings. The Morgan fingerprint density at radius 2 is 2.20 bits per heavy atom. The second-order valence-electron chi connectivity index (χ2n) is 3.81. The van der Waals surface area contributed by atoms with Gasteiger partial charge in [0.15, 0.2) is 5.15 Å². The highest BCUT2D eigenvalue weighted by molar-refractivity contribution is 6.30. The number of likely N-dealkylation sites (tertiary alicyclic amines) is 1. The molecule has 1 fully saturated rings. The van der Waals surface area contributed by atoms with Crippen molar-refractivity contribution in [3.8, 4) is 6.07 Å². The molecule has 2 heterocycles. The Kier molecular flexibility index (Phi) is 2.94. The molecule has 0 spiro atoms. The van der Waals surface area contributed by atoms with Gasteiger partial charge in [-0.05, 0) is 25.9 Å². The van der Waals surface area contributed by atoms with E-state index in [9.17, 15) is 5.26 Å². The van der Waals surface area contributed by atoms with Crippen LogP contribution in [0.1, 0.15) is 24.6 Å². The van der Waals surface area contributed by atoms with Crippen LogP contribution in [-0.4, -0.2) is 27.5 Å². The summed E-state index contributed by atoms with van der Waals surface area (Å²) < 4.78 is 1.83. The maximum atomic E-state index is 9.22. The average molecular weight is 225 g/mol. The number of nitrogens with zero attached hydrogens (tertiary/aromatic N) is 4. The summed E-state index contributed by atoms with van der Waals surface area (Å²) in [7, 11) is 1.87. The molecule has 0 amide bonds. The summed E-state index contributed by atoms with van der Waals surface area (Å²) in [5.41, 5.74) is 0.807. The smallest absolute Gasteiger partial charge is 0.152 e. The largest absolute Gasteiger partial charge is 0.334 e. The first-order chi connectivity index (χ1) is 7.24. The highest BCUT2D eigenvalue weighted by Gasteiger charge is 2.27. The van der Waals surface area contributed by atoms with Gasteiger partial charge in [-0.25, -0.2) is 4.98 Å². The molecule has 1 saturated heterocycles. The van der Waals surface area contributed by atoms with Crippen molar-refractivity contribution in [1.29, 1.82) is 5.26 Å². The molecule has 0 radical (unpaired) electrons. The van der Waals surface area contributed by atoms with Crippen LogP contribution < -0.4 is 0 Å². The Balaban J connectivity index is 2.30. The number of hydrogen-bond donors (Lipinski definition) is 0. The number of nitriles is 1. The molecule has 1 unspecified atom stereocenters. The van der Waals surface area contributed by atoms with Crippen molar-refractivity contribution in [2.24, 2.45) is 7.05 Å². The molecule has 4 nitrogen and oxygen atoms in total. The van der Waals surface area contributed by atoms with Crippen molar-refractivity contribution in [3.63, 3.8) is 0 Å². The van der Waals surface area contributed by atoms with Gasteiger partial charge in [0.1, 0.15) is 6.04 Å². The summed E-state index contributed by atoms with van der Waals surface area (Å²) in [5.74, 6) is 0. The van der Waals surface area contributed by atoms with Gasteiger partial charge in [0.2, 0.25) is 0 Å². The molecule has 1 aliphatic heterocycles. The highest BCUT2D eigenvalue weighted by atomic mass is 35.5. The standard InChI is InChI=1S/C10H13ClN4/c1-14-7-13-10(11)9(14)8(6-12)15-4-2-3-5-15/h7-8H,2-5H2,1H3. The third-order valence-corrected chi connectivity index (χ3v) is 3.11. The molecule has 1 atom stereocenters. The molecule has 2 rings (SSSR count). The fraction of sp³-hybridized carbons (Fsp3) is 0.600. The van der Waals surface area contributed by atoms with Crippen LogP contribution in [0.25, 0.3) is 0 Å². The number of rotatable bonds is 2. The molecule has 0 N–H and O–H groups in total. The first-order valence-corrected chi connectivity index (χ1v) is 5.42. The van der Waals surface area contributed by atoms with Crippen LogP contribution in [0.3, 0.4) is 0 Å². The number of halogens is 1. The minimum Gasteiger partial charge on any atom is -0.334 e. The van der Waals surface area contributed by atoms with E-state index in [4.69, 9.17) is 11.6 Å². The molecule has 0 aromatic carbocycles. The topological polar surface area (TPSA) is 44.9 Å².